The molecule has 2 amide bonds. The van der Waals surface area contributed by atoms with Crippen LogP contribution in [0.1, 0.15) is 36.2 Å². The SMILES string of the molecule is N#CC1(NC(=O)C2CNCCC2NC(=O)c2cc(-c3ccc(F)cc3F)on2)CCC1. The molecular formula is C21H21F2N5O3. The van der Waals surface area contributed by atoms with Crippen LogP contribution in [0.3, 0.4) is 0 Å². The number of aromatic nitrogens is 1. The second kappa shape index (κ2) is 8.43. The number of hydrogen-bond acceptors (Lipinski definition) is 6. The molecule has 1 aromatic heterocycles. The van der Waals surface area contributed by atoms with Crippen LogP contribution in [-0.4, -0.2) is 41.6 Å². The molecule has 2 unspecified atom stereocenters. The van der Waals surface area contributed by atoms with Crippen molar-refractivity contribution in [1.29, 1.82) is 5.26 Å². The average molecular weight is 429 g/mol. The van der Waals surface area contributed by atoms with E-state index in [-0.39, 0.29) is 22.9 Å². The number of halogens is 2. The van der Waals surface area contributed by atoms with Gasteiger partial charge >= 0.3 is 0 Å². The van der Waals surface area contributed by atoms with Crippen molar-refractivity contribution >= 4 is 11.8 Å². The van der Waals surface area contributed by atoms with Crippen LogP contribution < -0.4 is 16.0 Å². The van der Waals surface area contributed by atoms with Gasteiger partial charge in [0.25, 0.3) is 5.91 Å². The molecular weight excluding hydrogens is 408 g/mol. The highest BCUT2D eigenvalue weighted by Gasteiger charge is 2.42. The van der Waals surface area contributed by atoms with Crippen LogP contribution in [0.5, 0.6) is 0 Å². The highest BCUT2D eigenvalue weighted by atomic mass is 19.1. The summed E-state index contributed by atoms with van der Waals surface area (Å²) >= 11 is 0. The molecule has 0 radical (unpaired) electrons. The molecule has 2 aliphatic rings. The maximum atomic E-state index is 14.0. The van der Waals surface area contributed by atoms with E-state index in [1.807, 2.05) is 0 Å². The van der Waals surface area contributed by atoms with Gasteiger partial charge in [-0.25, -0.2) is 8.78 Å². The van der Waals surface area contributed by atoms with Crippen molar-refractivity contribution in [1.82, 2.24) is 21.1 Å². The van der Waals surface area contributed by atoms with Gasteiger partial charge in [-0.3, -0.25) is 9.59 Å². The molecule has 162 valence electrons. The fourth-order valence-electron chi connectivity index (χ4n) is 3.87. The second-order valence-electron chi connectivity index (χ2n) is 7.92. The van der Waals surface area contributed by atoms with E-state index >= 15 is 0 Å². The number of hydrogen-bond donors (Lipinski definition) is 3. The minimum absolute atomic E-state index is 0.0109. The molecule has 1 aliphatic carbocycles. The quantitative estimate of drug-likeness (QED) is 0.668. The predicted octanol–water partition coefficient (Wildman–Crippen LogP) is 1.89. The summed E-state index contributed by atoms with van der Waals surface area (Å²) in [6.07, 6.45) is 2.64. The first-order chi connectivity index (χ1) is 14.9. The highest BCUT2D eigenvalue weighted by Crippen LogP contribution is 2.31. The van der Waals surface area contributed by atoms with E-state index in [1.54, 1.807) is 0 Å². The van der Waals surface area contributed by atoms with Gasteiger partial charge in [-0.05, 0) is 44.4 Å². The van der Waals surface area contributed by atoms with Crippen molar-refractivity contribution in [2.75, 3.05) is 13.1 Å². The molecule has 2 aromatic rings. The Morgan fingerprint density at radius 3 is 2.77 bits per heavy atom. The number of nitrogens with one attached hydrogen (secondary N) is 3. The van der Waals surface area contributed by atoms with Crippen molar-refractivity contribution in [3.05, 3.63) is 41.6 Å². The van der Waals surface area contributed by atoms with Crippen molar-refractivity contribution in [2.45, 2.75) is 37.3 Å². The number of carbonyl (C=O) groups excluding carboxylic acids is 2. The number of nitriles is 1. The van der Waals surface area contributed by atoms with Gasteiger partial charge in [0.1, 0.15) is 17.2 Å². The molecule has 8 nitrogen and oxygen atoms in total. The maximum absolute atomic E-state index is 14.0. The highest BCUT2D eigenvalue weighted by molar-refractivity contribution is 5.94. The number of benzene rings is 1. The van der Waals surface area contributed by atoms with Crippen LogP contribution in [-0.2, 0) is 4.79 Å². The topological polar surface area (TPSA) is 120 Å². The van der Waals surface area contributed by atoms with Crippen LogP contribution in [0.15, 0.2) is 28.8 Å². The molecule has 0 bridgehead atoms. The Morgan fingerprint density at radius 1 is 1.29 bits per heavy atom. The van der Waals surface area contributed by atoms with Gasteiger partial charge in [0.2, 0.25) is 5.91 Å². The molecule has 0 spiro atoms. The van der Waals surface area contributed by atoms with Crippen LogP contribution in [0.2, 0.25) is 0 Å². The number of piperidine rings is 1. The summed E-state index contributed by atoms with van der Waals surface area (Å²) in [4.78, 5) is 25.5. The Balaban J connectivity index is 1.45. The van der Waals surface area contributed by atoms with Crippen LogP contribution in [0.4, 0.5) is 8.78 Å². The van der Waals surface area contributed by atoms with Crippen LogP contribution in [0.25, 0.3) is 11.3 Å². The fourth-order valence-corrected chi connectivity index (χ4v) is 3.87. The molecule has 2 atom stereocenters. The molecule has 1 aliphatic heterocycles. The lowest BCUT2D eigenvalue weighted by molar-refractivity contribution is -0.128. The largest absolute Gasteiger partial charge is 0.355 e. The zero-order valence-electron chi connectivity index (χ0n) is 16.6. The molecule has 10 heteroatoms. The van der Waals surface area contributed by atoms with E-state index in [0.29, 0.717) is 38.4 Å². The third kappa shape index (κ3) is 4.27. The molecule has 2 fully saturated rings. The lowest BCUT2D eigenvalue weighted by Gasteiger charge is -2.39. The van der Waals surface area contributed by atoms with Crippen LogP contribution >= 0.6 is 0 Å². The lowest BCUT2D eigenvalue weighted by atomic mass is 9.77. The van der Waals surface area contributed by atoms with E-state index in [4.69, 9.17) is 4.52 Å². The summed E-state index contributed by atoms with van der Waals surface area (Å²) in [5.74, 6) is -2.98. The van der Waals surface area contributed by atoms with Gasteiger partial charge in [0.15, 0.2) is 11.5 Å². The molecule has 3 N–H and O–H groups in total. The summed E-state index contributed by atoms with van der Waals surface area (Å²) in [7, 11) is 0. The van der Waals surface area contributed by atoms with Crippen LogP contribution in [0, 0.1) is 28.9 Å². The van der Waals surface area contributed by atoms with Gasteiger partial charge in [0, 0.05) is 24.7 Å². The number of nitrogens with zero attached hydrogens (tertiary/aromatic N) is 2. The predicted molar refractivity (Wildman–Crippen MR) is 104 cm³/mol. The van der Waals surface area contributed by atoms with E-state index < -0.39 is 35.0 Å². The van der Waals surface area contributed by atoms with Crippen molar-refractivity contribution in [3.8, 4) is 17.4 Å². The van der Waals surface area contributed by atoms with Gasteiger partial charge in [-0.1, -0.05) is 5.16 Å². The summed E-state index contributed by atoms with van der Waals surface area (Å²) < 4.78 is 32.1. The molecule has 1 saturated heterocycles. The Hall–Kier alpha value is -3.32. The number of rotatable bonds is 5. The molecule has 2 heterocycles. The van der Waals surface area contributed by atoms with E-state index in [2.05, 4.69) is 27.2 Å². The number of carbonyl (C=O) groups is 2. The normalized spacial score (nSPS) is 22.1. The van der Waals surface area contributed by atoms with E-state index in [9.17, 15) is 23.6 Å². The second-order valence-corrected chi connectivity index (χ2v) is 7.92. The van der Waals surface area contributed by atoms with Crippen molar-refractivity contribution in [2.24, 2.45) is 5.92 Å². The maximum Gasteiger partial charge on any atom is 0.273 e. The first kappa shape index (κ1) is 20.9. The Kier molecular flexibility index (Phi) is 5.69. The minimum atomic E-state index is -0.833. The molecule has 1 aromatic carbocycles. The summed E-state index contributed by atoms with van der Waals surface area (Å²) in [5, 5.41) is 21.8. The van der Waals surface area contributed by atoms with Gasteiger partial charge in [-0.2, -0.15) is 5.26 Å². The summed E-state index contributed by atoms with van der Waals surface area (Å²) in [6, 6.07) is 5.97. The smallest absolute Gasteiger partial charge is 0.273 e. The zero-order chi connectivity index (χ0) is 22.0. The van der Waals surface area contributed by atoms with Crippen molar-refractivity contribution < 1.29 is 22.9 Å². The standard InChI is InChI=1S/C21H21F2N5O3/c22-12-2-3-13(15(23)8-12)18-9-17(28-31-18)20(30)26-16-4-7-25-10-14(16)19(29)27-21(11-24)5-1-6-21/h2-3,8-9,14,16,25H,1,4-7,10H2,(H,26,30)(H,27,29). The summed E-state index contributed by atoms with van der Waals surface area (Å²) in [6.45, 7) is 0.978. The Labute approximate surface area is 177 Å². The van der Waals surface area contributed by atoms with Gasteiger partial charge in [-0.15, -0.1) is 0 Å². The third-order valence-corrected chi connectivity index (χ3v) is 5.86. The zero-order valence-corrected chi connectivity index (χ0v) is 16.6. The van der Waals surface area contributed by atoms with Gasteiger partial charge in [0.05, 0.1) is 17.6 Å². The fraction of sp³-hybridized carbons (Fsp3) is 0.429. The molecule has 1 saturated carbocycles. The first-order valence-corrected chi connectivity index (χ1v) is 10.1. The van der Waals surface area contributed by atoms with E-state index in [0.717, 1.165) is 12.5 Å². The molecule has 31 heavy (non-hydrogen) atoms. The summed E-state index contributed by atoms with van der Waals surface area (Å²) in [5.41, 5.74) is -0.915. The third-order valence-electron chi connectivity index (χ3n) is 5.86. The Morgan fingerprint density at radius 2 is 2.10 bits per heavy atom. The minimum Gasteiger partial charge on any atom is -0.355 e. The van der Waals surface area contributed by atoms with E-state index in [1.165, 1.54) is 12.1 Å². The lowest BCUT2D eigenvalue weighted by Crippen LogP contribution is -2.60. The van der Waals surface area contributed by atoms with Gasteiger partial charge < -0.3 is 20.5 Å². The Bertz CT molecular complexity index is 1040. The monoisotopic (exact) mass is 429 g/mol. The first-order valence-electron chi connectivity index (χ1n) is 10.1. The number of amides is 2. The van der Waals surface area contributed by atoms with Crippen molar-refractivity contribution in [3.63, 3.8) is 0 Å². The average Bonchev–Trinajstić information content (AvgIpc) is 3.21. The molecule has 4 rings (SSSR count).